The minimum atomic E-state index is 0.113. The van der Waals surface area contributed by atoms with E-state index in [-0.39, 0.29) is 6.04 Å². The summed E-state index contributed by atoms with van der Waals surface area (Å²) in [4.78, 5) is 0. The number of aromatic nitrogens is 2. The maximum absolute atomic E-state index is 6.31. The second-order valence-corrected chi connectivity index (χ2v) is 5.98. The van der Waals surface area contributed by atoms with Gasteiger partial charge in [-0.25, -0.2) is 0 Å². The summed E-state index contributed by atoms with van der Waals surface area (Å²) in [5.74, 6) is 8.06. The summed E-state index contributed by atoms with van der Waals surface area (Å²) in [7, 11) is 1.69. The predicted octanol–water partition coefficient (Wildman–Crippen LogP) is 1.73. The standard InChI is InChI=1S/C13H21ClN4O/c1-19-6-5-18-13(10(14)7-16-18)12(17-15)11-8-3-2-4-9(8)11/h7-9,11-12,17H,2-6,15H2,1H3. The molecule has 1 aromatic heterocycles. The number of hydrazine groups is 1. The number of fused-ring (bicyclic) bond motifs is 1. The summed E-state index contributed by atoms with van der Waals surface area (Å²) in [5, 5.41) is 5.03. The van der Waals surface area contributed by atoms with Crippen molar-refractivity contribution >= 4 is 11.6 Å². The molecule has 6 heteroatoms. The van der Waals surface area contributed by atoms with Gasteiger partial charge in [0.2, 0.25) is 0 Å². The summed E-state index contributed by atoms with van der Waals surface area (Å²) >= 11 is 6.31. The van der Waals surface area contributed by atoms with Gasteiger partial charge in [0.25, 0.3) is 0 Å². The molecular formula is C13H21ClN4O. The van der Waals surface area contributed by atoms with Crippen molar-refractivity contribution in [3.05, 3.63) is 16.9 Å². The zero-order valence-corrected chi connectivity index (χ0v) is 11.9. The van der Waals surface area contributed by atoms with Crippen LogP contribution >= 0.6 is 11.6 Å². The number of rotatable bonds is 6. The van der Waals surface area contributed by atoms with Crippen molar-refractivity contribution in [2.75, 3.05) is 13.7 Å². The Bertz CT molecular complexity index is 440. The van der Waals surface area contributed by atoms with Crippen LogP contribution in [0, 0.1) is 17.8 Å². The number of hydrogen-bond acceptors (Lipinski definition) is 4. The maximum atomic E-state index is 6.31. The summed E-state index contributed by atoms with van der Waals surface area (Å²) in [6.45, 7) is 1.33. The van der Waals surface area contributed by atoms with Crippen LogP contribution in [0.25, 0.3) is 0 Å². The van der Waals surface area contributed by atoms with E-state index in [1.165, 1.54) is 19.3 Å². The zero-order chi connectivity index (χ0) is 13.4. The van der Waals surface area contributed by atoms with E-state index in [1.807, 2.05) is 4.68 Å². The van der Waals surface area contributed by atoms with Gasteiger partial charge in [0.05, 0.1) is 36.1 Å². The van der Waals surface area contributed by atoms with Gasteiger partial charge in [-0.1, -0.05) is 18.0 Å². The molecule has 2 fully saturated rings. The highest BCUT2D eigenvalue weighted by atomic mass is 35.5. The van der Waals surface area contributed by atoms with Gasteiger partial charge in [-0.05, 0) is 30.6 Å². The van der Waals surface area contributed by atoms with Gasteiger partial charge in [0, 0.05) is 7.11 Å². The monoisotopic (exact) mass is 284 g/mol. The van der Waals surface area contributed by atoms with E-state index in [0.717, 1.165) is 17.5 Å². The highest BCUT2D eigenvalue weighted by molar-refractivity contribution is 6.31. The SMILES string of the molecule is COCCn1ncc(Cl)c1C(NN)C1C2CCCC21. The van der Waals surface area contributed by atoms with Crippen LogP contribution in [0.1, 0.15) is 31.0 Å². The summed E-state index contributed by atoms with van der Waals surface area (Å²) in [5.41, 5.74) is 3.98. The van der Waals surface area contributed by atoms with Gasteiger partial charge < -0.3 is 4.74 Å². The quantitative estimate of drug-likeness (QED) is 0.617. The van der Waals surface area contributed by atoms with Crippen molar-refractivity contribution in [2.24, 2.45) is 23.6 Å². The van der Waals surface area contributed by atoms with Gasteiger partial charge >= 0.3 is 0 Å². The molecule has 2 aliphatic rings. The van der Waals surface area contributed by atoms with E-state index in [0.29, 0.717) is 24.1 Å². The number of methoxy groups -OCH3 is 1. The third kappa shape index (κ3) is 2.29. The molecule has 0 amide bonds. The maximum Gasteiger partial charge on any atom is 0.0834 e. The molecule has 3 N–H and O–H groups in total. The van der Waals surface area contributed by atoms with Crippen LogP contribution in [0.15, 0.2) is 6.20 Å². The molecule has 0 bridgehead atoms. The third-order valence-electron chi connectivity index (χ3n) is 4.67. The first-order valence-corrected chi connectivity index (χ1v) is 7.32. The molecule has 1 heterocycles. The fourth-order valence-corrected chi connectivity index (χ4v) is 4.04. The molecule has 0 saturated heterocycles. The molecule has 0 radical (unpaired) electrons. The van der Waals surface area contributed by atoms with E-state index in [2.05, 4.69) is 10.5 Å². The smallest absolute Gasteiger partial charge is 0.0834 e. The zero-order valence-electron chi connectivity index (χ0n) is 11.2. The second-order valence-electron chi connectivity index (χ2n) is 5.57. The second kappa shape index (κ2) is 5.40. The fraction of sp³-hybridized carbons (Fsp3) is 0.769. The number of ether oxygens (including phenoxy) is 1. The van der Waals surface area contributed by atoms with E-state index in [1.54, 1.807) is 13.3 Å². The molecule has 3 rings (SSSR count). The molecule has 3 unspecified atom stereocenters. The van der Waals surface area contributed by atoms with Crippen molar-refractivity contribution in [3.63, 3.8) is 0 Å². The lowest BCUT2D eigenvalue weighted by Crippen LogP contribution is -2.33. The van der Waals surface area contributed by atoms with Crippen LogP contribution in [0.4, 0.5) is 0 Å². The first kappa shape index (κ1) is 13.4. The minimum absolute atomic E-state index is 0.113. The Hall–Kier alpha value is -0.620. The van der Waals surface area contributed by atoms with Crippen LogP contribution in [0.2, 0.25) is 5.02 Å². The van der Waals surface area contributed by atoms with Crippen molar-refractivity contribution in [2.45, 2.75) is 31.8 Å². The number of nitrogens with two attached hydrogens (primary N) is 1. The Kier molecular flexibility index (Phi) is 3.80. The number of hydrogen-bond donors (Lipinski definition) is 2. The van der Waals surface area contributed by atoms with E-state index >= 15 is 0 Å². The Balaban J connectivity index is 1.80. The number of halogens is 1. The molecule has 0 aromatic carbocycles. The van der Waals surface area contributed by atoms with Crippen molar-refractivity contribution in [1.29, 1.82) is 0 Å². The average molecular weight is 285 g/mol. The van der Waals surface area contributed by atoms with Gasteiger partial charge in [-0.2, -0.15) is 5.10 Å². The molecule has 106 valence electrons. The van der Waals surface area contributed by atoms with Crippen LogP contribution in [-0.4, -0.2) is 23.5 Å². The van der Waals surface area contributed by atoms with Gasteiger partial charge in [-0.15, -0.1) is 0 Å². The van der Waals surface area contributed by atoms with Crippen molar-refractivity contribution < 1.29 is 4.74 Å². The van der Waals surface area contributed by atoms with Crippen LogP contribution in [0.5, 0.6) is 0 Å². The molecular weight excluding hydrogens is 264 g/mol. The first-order valence-electron chi connectivity index (χ1n) is 6.94. The van der Waals surface area contributed by atoms with Crippen LogP contribution in [-0.2, 0) is 11.3 Å². The van der Waals surface area contributed by atoms with Crippen molar-refractivity contribution in [3.8, 4) is 0 Å². The minimum Gasteiger partial charge on any atom is -0.383 e. The Morgan fingerprint density at radius 1 is 1.58 bits per heavy atom. The van der Waals surface area contributed by atoms with Gasteiger partial charge in [-0.3, -0.25) is 16.0 Å². The highest BCUT2D eigenvalue weighted by Gasteiger charge is 2.56. The molecule has 19 heavy (non-hydrogen) atoms. The molecule has 3 atom stereocenters. The summed E-state index contributed by atoms with van der Waals surface area (Å²) < 4.78 is 7.04. The topological polar surface area (TPSA) is 65.1 Å². The lowest BCUT2D eigenvalue weighted by Gasteiger charge is -2.20. The molecule has 2 aliphatic carbocycles. The van der Waals surface area contributed by atoms with E-state index in [9.17, 15) is 0 Å². The Morgan fingerprint density at radius 3 is 2.95 bits per heavy atom. The Labute approximate surface area is 118 Å². The molecule has 0 aliphatic heterocycles. The molecule has 0 spiro atoms. The molecule has 2 saturated carbocycles. The summed E-state index contributed by atoms with van der Waals surface area (Å²) in [6, 6.07) is 0.113. The largest absolute Gasteiger partial charge is 0.383 e. The predicted molar refractivity (Wildman–Crippen MR) is 73.5 cm³/mol. The summed E-state index contributed by atoms with van der Waals surface area (Å²) in [6.07, 6.45) is 5.73. The molecule has 5 nitrogen and oxygen atoms in total. The Morgan fingerprint density at radius 2 is 2.32 bits per heavy atom. The normalized spacial score (nSPS) is 30.4. The van der Waals surface area contributed by atoms with E-state index in [4.69, 9.17) is 22.2 Å². The first-order chi connectivity index (χ1) is 9.27. The van der Waals surface area contributed by atoms with Crippen LogP contribution < -0.4 is 11.3 Å². The third-order valence-corrected chi connectivity index (χ3v) is 4.96. The van der Waals surface area contributed by atoms with Gasteiger partial charge in [0.15, 0.2) is 0 Å². The lowest BCUT2D eigenvalue weighted by atomic mass is 10.0. The highest BCUT2D eigenvalue weighted by Crippen LogP contribution is 2.62. The van der Waals surface area contributed by atoms with Crippen LogP contribution in [0.3, 0.4) is 0 Å². The van der Waals surface area contributed by atoms with Crippen molar-refractivity contribution in [1.82, 2.24) is 15.2 Å². The van der Waals surface area contributed by atoms with E-state index < -0.39 is 0 Å². The fourth-order valence-electron chi connectivity index (χ4n) is 3.78. The lowest BCUT2D eigenvalue weighted by molar-refractivity contribution is 0.181. The number of nitrogens with one attached hydrogen (secondary N) is 1. The van der Waals surface area contributed by atoms with Gasteiger partial charge in [0.1, 0.15) is 0 Å². The average Bonchev–Trinajstić information content (AvgIpc) is 2.78. The number of nitrogens with zero attached hydrogens (tertiary/aromatic N) is 2. The molecule has 1 aromatic rings.